The van der Waals surface area contributed by atoms with Crippen LogP contribution in [-0.2, 0) is 9.53 Å². The lowest BCUT2D eigenvalue weighted by Gasteiger charge is -2.08. The van der Waals surface area contributed by atoms with Crippen molar-refractivity contribution in [3.63, 3.8) is 0 Å². The maximum atomic E-state index is 11.6. The molecule has 0 saturated carbocycles. The van der Waals surface area contributed by atoms with E-state index >= 15 is 0 Å². The molecule has 0 spiro atoms. The lowest BCUT2D eigenvalue weighted by Crippen LogP contribution is -2.32. The standard InChI is InChI=1S/C8H13F3N2O3/c1-2-12-6(14)3-4-13-7(15)16-5-8(9,10)11/h2-5H2,1H3,(H,12,14)(H,13,15). The quantitative estimate of drug-likeness (QED) is 0.749. The van der Waals surface area contributed by atoms with Gasteiger partial charge >= 0.3 is 12.3 Å². The molecule has 0 bridgehead atoms. The Kier molecular flexibility index (Phi) is 6.28. The van der Waals surface area contributed by atoms with E-state index in [1.165, 1.54) is 0 Å². The molecule has 0 fully saturated rings. The van der Waals surface area contributed by atoms with Crippen LogP contribution in [0.25, 0.3) is 0 Å². The van der Waals surface area contributed by atoms with Gasteiger partial charge in [-0.2, -0.15) is 13.2 Å². The molecule has 2 N–H and O–H groups in total. The fourth-order valence-corrected chi connectivity index (χ4v) is 0.762. The minimum atomic E-state index is -4.54. The Morgan fingerprint density at radius 2 is 1.88 bits per heavy atom. The average molecular weight is 242 g/mol. The average Bonchev–Trinajstić information content (AvgIpc) is 2.14. The first-order valence-corrected chi connectivity index (χ1v) is 4.59. The zero-order chi connectivity index (χ0) is 12.6. The topological polar surface area (TPSA) is 67.4 Å². The van der Waals surface area contributed by atoms with Crippen LogP contribution in [0, 0.1) is 0 Å². The summed E-state index contributed by atoms with van der Waals surface area (Å²) in [6.45, 7) is 0.475. The maximum absolute atomic E-state index is 11.6. The van der Waals surface area contributed by atoms with Gasteiger partial charge < -0.3 is 15.4 Å². The number of alkyl carbamates (subject to hydrolysis) is 1. The number of nitrogens with one attached hydrogen (secondary N) is 2. The van der Waals surface area contributed by atoms with Gasteiger partial charge in [-0.25, -0.2) is 4.79 Å². The van der Waals surface area contributed by atoms with E-state index in [0.29, 0.717) is 6.54 Å². The minimum Gasteiger partial charge on any atom is -0.440 e. The maximum Gasteiger partial charge on any atom is 0.422 e. The number of carbonyl (C=O) groups is 2. The number of ether oxygens (including phenoxy) is 1. The van der Waals surface area contributed by atoms with Crippen molar-refractivity contribution < 1.29 is 27.5 Å². The summed E-state index contributed by atoms with van der Waals surface area (Å²) in [5, 5.41) is 4.49. The van der Waals surface area contributed by atoms with Crippen molar-refractivity contribution in [2.45, 2.75) is 19.5 Å². The van der Waals surface area contributed by atoms with Gasteiger partial charge in [0.2, 0.25) is 5.91 Å². The van der Waals surface area contributed by atoms with Gasteiger partial charge in [0, 0.05) is 19.5 Å². The Bertz CT molecular complexity index is 243. The molecule has 8 heteroatoms. The zero-order valence-corrected chi connectivity index (χ0v) is 8.69. The van der Waals surface area contributed by atoms with Crippen LogP contribution >= 0.6 is 0 Å². The fourth-order valence-electron chi connectivity index (χ4n) is 0.762. The molecule has 0 aromatic rings. The second-order valence-electron chi connectivity index (χ2n) is 2.82. The van der Waals surface area contributed by atoms with Crippen molar-refractivity contribution >= 4 is 12.0 Å². The molecule has 16 heavy (non-hydrogen) atoms. The van der Waals surface area contributed by atoms with E-state index in [9.17, 15) is 22.8 Å². The Labute approximate surface area is 90.3 Å². The number of hydrogen-bond donors (Lipinski definition) is 2. The van der Waals surface area contributed by atoms with E-state index in [1.807, 2.05) is 5.32 Å². The summed E-state index contributed by atoms with van der Waals surface area (Å²) in [6, 6.07) is 0. The minimum absolute atomic E-state index is 0.00500. The third-order valence-electron chi connectivity index (χ3n) is 1.36. The van der Waals surface area contributed by atoms with Crippen LogP contribution in [0.3, 0.4) is 0 Å². The molecule has 0 heterocycles. The van der Waals surface area contributed by atoms with Crippen molar-refractivity contribution in [1.29, 1.82) is 0 Å². The first kappa shape index (κ1) is 14.5. The number of halogens is 3. The molecule has 2 amide bonds. The summed E-state index contributed by atoms with van der Waals surface area (Å²) in [4.78, 5) is 21.5. The van der Waals surface area contributed by atoms with Crippen LogP contribution in [0.4, 0.5) is 18.0 Å². The molecular formula is C8H13F3N2O3. The Balaban J connectivity index is 3.55. The van der Waals surface area contributed by atoms with E-state index < -0.39 is 18.9 Å². The predicted molar refractivity (Wildman–Crippen MR) is 48.7 cm³/mol. The van der Waals surface area contributed by atoms with E-state index in [-0.39, 0.29) is 18.9 Å². The molecule has 0 rings (SSSR count). The van der Waals surface area contributed by atoms with Gasteiger partial charge in [-0.1, -0.05) is 0 Å². The van der Waals surface area contributed by atoms with Gasteiger partial charge in [0.25, 0.3) is 0 Å². The van der Waals surface area contributed by atoms with Gasteiger partial charge in [-0.05, 0) is 6.92 Å². The van der Waals surface area contributed by atoms with Gasteiger partial charge in [-0.3, -0.25) is 4.79 Å². The van der Waals surface area contributed by atoms with Gasteiger partial charge in [0.15, 0.2) is 6.61 Å². The highest BCUT2D eigenvalue weighted by Gasteiger charge is 2.29. The van der Waals surface area contributed by atoms with E-state index in [0.717, 1.165) is 0 Å². The van der Waals surface area contributed by atoms with Crippen LogP contribution in [0.5, 0.6) is 0 Å². The largest absolute Gasteiger partial charge is 0.440 e. The highest BCUT2D eigenvalue weighted by Crippen LogP contribution is 2.14. The zero-order valence-electron chi connectivity index (χ0n) is 8.69. The highest BCUT2D eigenvalue weighted by molar-refractivity contribution is 5.76. The van der Waals surface area contributed by atoms with Crippen LogP contribution in [-0.4, -0.2) is 37.9 Å². The normalized spacial score (nSPS) is 10.8. The molecule has 0 aromatic heterocycles. The van der Waals surface area contributed by atoms with Gasteiger partial charge in [0.1, 0.15) is 0 Å². The molecule has 94 valence electrons. The third kappa shape index (κ3) is 9.10. The predicted octanol–water partition coefficient (Wildman–Crippen LogP) is 0.801. The molecule has 0 radical (unpaired) electrons. The number of carbonyl (C=O) groups excluding carboxylic acids is 2. The fraction of sp³-hybridized carbons (Fsp3) is 0.750. The first-order chi connectivity index (χ1) is 7.35. The molecule has 5 nitrogen and oxygen atoms in total. The third-order valence-corrected chi connectivity index (χ3v) is 1.36. The Morgan fingerprint density at radius 3 is 2.38 bits per heavy atom. The summed E-state index contributed by atoms with van der Waals surface area (Å²) >= 11 is 0. The second-order valence-corrected chi connectivity index (χ2v) is 2.82. The van der Waals surface area contributed by atoms with Crippen molar-refractivity contribution in [3.8, 4) is 0 Å². The molecule has 0 aliphatic rings. The van der Waals surface area contributed by atoms with Crippen molar-refractivity contribution in [2.75, 3.05) is 19.7 Å². The number of alkyl halides is 3. The molecule has 0 aromatic carbocycles. The summed E-state index contributed by atoms with van der Waals surface area (Å²) in [5.41, 5.74) is 0. The van der Waals surface area contributed by atoms with Crippen molar-refractivity contribution in [1.82, 2.24) is 10.6 Å². The number of amides is 2. The smallest absolute Gasteiger partial charge is 0.422 e. The van der Waals surface area contributed by atoms with Crippen molar-refractivity contribution in [2.24, 2.45) is 0 Å². The lowest BCUT2D eigenvalue weighted by atomic mass is 10.4. The number of rotatable bonds is 5. The molecule has 0 unspecified atom stereocenters. The first-order valence-electron chi connectivity index (χ1n) is 4.59. The van der Waals surface area contributed by atoms with Crippen LogP contribution in [0.2, 0.25) is 0 Å². The van der Waals surface area contributed by atoms with Crippen LogP contribution in [0.1, 0.15) is 13.3 Å². The van der Waals surface area contributed by atoms with E-state index in [2.05, 4.69) is 10.1 Å². The summed E-state index contributed by atoms with van der Waals surface area (Å²) < 4.78 is 38.6. The number of hydrogen-bond acceptors (Lipinski definition) is 3. The van der Waals surface area contributed by atoms with E-state index in [4.69, 9.17) is 0 Å². The molecular weight excluding hydrogens is 229 g/mol. The van der Waals surface area contributed by atoms with Gasteiger partial charge in [0.05, 0.1) is 0 Å². The second kappa shape index (κ2) is 6.91. The summed E-state index contributed by atoms with van der Waals surface area (Å²) in [7, 11) is 0. The van der Waals surface area contributed by atoms with Crippen LogP contribution in [0.15, 0.2) is 0 Å². The highest BCUT2D eigenvalue weighted by atomic mass is 19.4. The van der Waals surface area contributed by atoms with Crippen LogP contribution < -0.4 is 10.6 Å². The van der Waals surface area contributed by atoms with Crippen molar-refractivity contribution in [3.05, 3.63) is 0 Å². The monoisotopic (exact) mass is 242 g/mol. The SMILES string of the molecule is CCNC(=O)CCNC(=O)OCC(F)(F)F. The van der Waals surface area contributed by atoms with E-state index in [1.54, 1.807) is 6.92 Å². The lowest BCUT2D eigenvalue weighted by molar-refractivity contribution is -0.160. The Morgan fingerprint density at radius 1 is 1.25 bits per heavy atom. The molecule has 0 aliphatic carbocycles. The molecule has 0 aliphatic heterocycles. The Hall–Kier alpha value is -1.47. The summed E-state index contributed by atoms with van der Waals surface area (Å²) in [5.74, 6) is -0.293. The molecule has 0 atom stereocenters. The molecule has 0 saturated heterocycles. The summed E-state index contributed by atoms with van der Waals surface area (Å²) in [6.07, 6.45) is -5.74. The van der Waals surface area contributed by atoms with Gasteiger partial charge in [-0.15, -0.1) is 0 Å².